The standard InChI is InChI=1S/C19H18Cl2N2O3/c20-15-4-5-16(17(21)11-15)18(24)23-8-6-22(7-9-23)12-13-2-1-3-14(10-13)19(25)26/h1-5,10-11H,6-9,12H2,(H,25,26). The molecule has 1 aliphatic rings. The van der Waals surface area contributed by atoms with Crippen molar-refractivity contribution in [1.29, 1.82) is 0 Å². The molecule has 0 atom stereocenters. The van der Waals surface area contributed by atoms with Crippen molar-refractivity contribution in [3.05, 3.63) is 69.2 Å². The van der Waals surface area contributed by atoms with Crippen LogP contribution in [-0.2, 0) is 6.54 Å². The summed E-state index contributed by atoms with van der Waals surface area (Å²) in [5, 5.41) is 9.94. The Hall–Kier alpha value is -2.08. The van der Waals surface area contributed by atoms with Crippen molar-refractivity contribution >= 4 is 35.1 Å². The van der Waals surface area contributed by atoms with Gasteiger partial charge in [-0.1, -0.05) is 35.3 Å². The highest BCUT2D eigenvalue weighted by Gasteiger charge is 2.23. The van der Waals surface area contributed by atoms with Crippen molar-refractivity contribution in [1.82, 2.24) is 9.80 Å². The lowest BCUT2D eigenvalue weighted by atomic mass is 10.1. The average molecular weight is 393 g/mol. The van der Waals surface area contributed by atoms with Crippen LogP contribution in [0.4, 0.5) is 0 Å². The third kappa shape index (κ3) is 4.36. The molecule has 2 aromatic rings. The number of nitrogens with zero attached hydrogens (tertiary/aromatic N) is 2. The molecule has 3 rings (SSSR count). The zero-order valence-corrected chi connectivity index (χ0v) is 15.5. The Morgan fingerprint density at radius 2 is 1.73 bits per heavy atom. The fourth-order valence-corrected chi connectivity index (χ4v) is 3.49. The minimum Gasteiger partial charge on any atom is -0.478 e. The quantitative estimate of drug-likeness (QED) is 0.862. The SMILES string of the molecule is O=C(O)c1cccc(CN2CCN(C(=O)c3ccc(Cl)cc3Cl)CC2)c1. The molecule has 0 spiro atoms. The van der Waals surface area contributed by atoms with Crippen LogP contribution in [0.15, 0.2) is 42.5 Å². The Labute approximate surface area is 161 Å². The minimum atomic E-state index is -0.929. The summed E-state index contributed by atoms with van der Waals surface area (Å²) in [5.41, 5.74) is 1.69. The number of halogens is 2. The predicted molar refractivity (Wildman–Crippen MR) is 101 cm³/mol. The molecule has 136 valence electrons. The lowest BCUT2D eigenvalue weighted by molar-refractivity contribution is 0.0626. The van der Waals surface area contributed by atoms with Crippen molar-refractivity contribution in [2.24, 2.45) is 0 Å². The van der Waals surface area contributed by atoms with Gasteiger partial charge in [0.2, 0.25) is 0 Å². The highest BCUT2D eigenvalue weighted by Crippen LogP contribution is 2.23. The number of aromatic carboxylic acids is 1. The molecule has 2 aromatic carbocycles. The Bertz CT molecular complexity index is 833. The summed E-state index contributed by atoms with van der Waals surface area (Å²) in [6.45, 7) is 3.28. The van der Waals surface area contributed by atoms with Crippen LogP contribution in [0, 0.1) is 0 Å². The van der Waals surface area contributed by atoms with Gasteiger partial charge in [-0.3, -0.25) is 9.69 Å². The molecule has 5 nitrogen and oxygen atoms in total. The summed E-state index contributed by atoms with van der Waals surface area (Å²) in [5.74, 6) is -1.03. The molecule has 0 aromatic heterocycles. The number of hydrogen-bond donors (Lipinski definition) is 1. The lowest BCUT2D eigenvalue weighted by Gasteiger charge is -2.35. The Morgan fingerprint density at radius 3 is 2.38 bits per heavy atom. The van der Waals surface area contributed by atoms with E-state index in [1.54, 1.807) is 41.3 Å². The van der Waals surface area contributed by atoms with Crippen molar-refractivity contribution < 1.29 is 14.7 Å². The molecule has 1 fully saturated rings. The van der Waals surface area contributed by atoms with E-state index in [0.29, 0.717) is 48.3 Å². The van der Waals surface area contributed by atoms with Crippen LogP contribution >= 0.6 is 23.2 Å². The smallest absolute Gasteiger partial charge is 0.335 e. The van der Waals surface area contributed by atoms with Crippen LogP contribution < -0.4 is 0 Å². The fraction of sp³-hybridized carbons (Fsp3) is 0.263. The third-order valence-electron chi connectivity index (χ3n) is 4.40. The molecule has 1 aliphatic heterocycles. The Morgan fingerprint density at radius 1 is 1.00 bits per heavy atom. The zero-order chi connectivity index (χ0) is 18.7. The monoisotopic (exact) mass is 392 g/mol. The minimum absolute atomic E-state index is 0.0980. The van der Waals surface area contributed by atoms with Gasteiger partial charge in [-0.25, -0.2) is 4.79 Å². The van der Waals surface area contributed by atoms with Crippen LogP contribution in [0.1, 0.15) is 26.3 Å². The van der Waals surface area contributed by atoms with Gasteiger partial charge < -0.3 is 10.0 Å². The maximum atomic E-state index is 12.6. The van der Waals surface area contributed by atoms with Crippen molar-refractivity contribution in [2.45, 2.75) is 6.54 Å². The highest BCUT2D eigenvalue weighted by molar-refractivity contribution is 6.36. The first-order valence-corrected chi connectivity index (χ1v) is 8.98. The molecule has 1 amide bonds. The normalized spacial score (nSPS) is 15.1. The van der Waals surface area contributed by atoms with E-state index in [9.17, 15) is 9.59 Å². The molecule has 1 N–H and O–H groups in total. The van der Waals surface area contributed by atoms with Gasteiger partial charge in [-0.2, -0.15) is 0 Å². The van der Waals surface area contributed by atoms with Gasteiger partial charge in [0.15, 0.2) is 0 Å². The third-order valence-corrected chi connectivity index (χ3v) is 4.95. The highest BCUT2D eigenvalue weighted by atomic mass is 35.5. The first kappa shape index (κ1) is 18.7. The topological polar surface area (TPSA) is 60.9 Å². The second-order valence-electron chi connectivity index (χ2n) is 6.20. The van der Waals surface area contributed by atoms with Crippen LogP contribution in [0.25, 0.3) is 0 Å². The first-order chi connectivity index (χ1) is 12.4. The van der Waals surface area contributed by atoms with E-state index in [4.69, 9.17) is 28.3 Å². The number of carboxylic acid groups (broad SMARTS) is 1. The van der Waals surface area contributed by atoms with Gasteiger partial charge in [0.25, 0.3) is 5.91 Å². The number of rotatable bonds is 4. The van der Waals surface area contributed by atoms with E-state index in [1.807, 2.05) is 6.07 Å². The zero-order valence-electron chi connectivity index (χ0n) is 14.0. The second kappa shape index (κ2) is 8.08. The maximum Gasteiger partial charge on any atom is 0.335 e. The van der Waals surface area contributed by atoms with Gasteiger partial charge in [-0.05, 0) is 35.9 Å². The molecule has 1 heterocycles. The van der Waals surface area contributed by atoms with Crippen LogP contribution in [0.2, 0.25) is 10.0 Å². The van der Waals surface area contributed by atoms with Crippen LogP contribution in [-0.4, -0.2) is 53.0 Å². The summed E-state index contributed by atoms with van der Waals surface area (Å²) in [6.07, 6.45) is 0. The molecule has 0 aliphatic carbocycles. The number of hydrogen-bond acceptors (Lipinski definition) is 3. The molecule has 26 heavy (non-hydrogen) atoms. The molecule has 0 unspecified atom stereocenters. The number of piperazine rings is 1. The Kier molecular flexibility index (Phi) is 5.81. The maximum absolute atomic E-state index is 12.6. The molecule has 0 bridgehead atoms. The summed E-state index contributed by atoms with van der Waals surface area (Å²) in [6, 6.07) is 11.8. The van der Waals surface area contributed by atoms with Crippen LogP contribution in [0.5, 0.6) is 0 Å². The molecular formula is C19H18Cl2N2O3. The molecule has 1 saturated heterocycles. The van der Waals surface area contributed by atoms with Gasteiger partial charge in [0, 0.05) is 37.7 Å². The second-order valence-corrected chi connectivity index (χ2v) is 7.04. The van der Waals surface area contributed by atoms with Gasteiger partial charge in [0.1, 0.15) is 0 Å². The van der Waals surface area contributed by atoms with Gasteiger partial charge in [-0.15, -0.1) is 0 Å². The van der Waals surface area contributed by atoms with Gasteiger partial charge >= 0.3 is 5.97 Å². The van der Waals surface area contributed by atoms with E-state index in [-0.39, 0.29) is 11.5 Å². The van der Waals surface area contributed by atoms with E-state index in [0.717, 1.165) is 5.56 Å². The largest absolute Gasteiger partial charge is 0.478 e. The van der Waals surface area contributed by atoms with E-state index >= 15 is 0 Å². The predicted octanol–water partition coefficient (Wildman–Crippen LogP) is 3.65. The summed E-state index contributed by atoms with van der Waals surface area (Å²) < 4.78 is 0. The van der Waals surface area contributed by atoms with Crippen molar-refractivity contribution in [3.63, 3.8) is 0 Å². The first-order valence-electron chi connectivity index (χ1n) is 8.23. The molecule has 7 heteroatoms. The van der Waals surface area contributed by atoms with E-state index in [1.165, 1.54) is 0 Å². The molecule has 0 saturated carbocycles. The van der Waals surface area contributed by atoms with Crippen molar-refractivity contribution in [3.8, 4) is 0 Å². The van der Waals surface area contributed by atoms with E-state index in [2.05, 4.69) is 4.90 Å². The number of carbonyl (C=O) groups excluding carboxylic acids is 1. The number of carbonyl (C=O) groups is 2. The summed E-state index contributed by atoms with van der Waals surface area (Å²) in [4.78, 5) is 27.7. The number of carboxylic acids is 1. The molecular weight excluding hydrogens is 375 g/mol. The summed E-state index contributed by atoms with van der Waals surface area (Å²) in [7, 11) is 0. The lowest BCUT2D eigenvalue weighted by Crippen LogP contribution is -2.48. The van der Waals surface area contributed by atoms with Gasteiger partial charge in [0.05, 0.1) is 16.1 Å². The molecule has 0 radical (unpaired) electrons. The Balaban J connectivity index is 1.59. The van der Waals surface area contributed by atoms with Crippen molar-refractivity contribution in [2.75, 3.05) is 26.2 Å². The fourth-order valence-electron chi connectivity index (χ4n) is 3.00. The number of benzene rings is 2. The average Bonchev–Trinajstić information content (AvgIpc) is 2.62. The number of amides is 1. The van der Waals surface area contributed by atoms with Crippen LogP contribution in [0.3, 0.4) is 0 Å². The van der Waals surface area contributed by atoms with E-state index < -0.39 is 5.97 Å². The summed E-state index contributed by atoms with van der Waals surface area (Å²) >= 11 is 12.0.